The number of methoxy groups -OCH3 is 1. The van der Waals surface area contributed by atoms with Crippen LogP contribution in [0.1, 0.15) is 104 Å². The highest BCUT2D eigenvalue weighted by atomic mass is 35.5. The second-order valence-corrected chi connectivity index (χ2v) is 21.1. The number of halogens is 3. The molecular formula is C55H63ClF2N8O6. The Balaban J connectivity index is 0.736. The Morgan fingerprint density at radius 2 is 1.69 bits per heavy atom. The van der Waals surface area contributed by atoms with Crippen LogP contribution in [-0.4, -0.2) is 102 Å². The third kappa shape index (κ3) is 9.08. The van der Waals surface area contributed by atoms with Crippen molar-refractivity contribution in [3.63, 3.8) is 0 Å². The van der Waals surface area contributed by atoms with Gasteiger partial charge in [-0.2, -0.15) is 5.10 Å². The van der Waals surface area contributed by atoms with Crippen molar-refractivity contribution in [2.45, 2.75) is 88.7 Å². The van der Waals surface area contributed by atoms with Crippen molar-refractivity contribution >= 4 is 52.1 Å². The Morgan fingerprint density at radius 3 is 2.39 bits per heavy atom. The van der Waals surface area contributed by atoms with Crippen LogP contribution in [0.4, 0.5) is 19.4 Å². The zero-order valence-corrected chi connectivity index (χ0v) is 42.1. The number of primary amides is 1. The summed E-state index contributed by atoms with van der Waals surface area (Å²) >= 11 is 6.71. The van der Waals surface area contributed by atoms with Crippen molar-refractivity contribution in [3.05, 3.63) is 106 Å². The van der Waals surface area contributed by atoms with Gasteiger partial charge in [-0.25, -0.2) is 13.6 Å². The van der Waals surface area contributed by atoms with Gasteiger partial charge < -0.3 is 30.3 Å². The largest absolute Gasteiger partial charge is 0.494 e. The predicted molar refractivity (Wildman–Crippen MR) is 271 cm³/mol. The summed E-state index contributed by atoms with van der Waals surface area (Å²) in [5.74, 6) is -1.22. The molecule has 17 heteroatoms. The fourth-order valence-electron chi connectivity index (χ4n) is 12.4. The number of carbonyl (C=O) groups excluding carboxylic acids is 4. The topological polar surface area (TPSA) is 164 Å². The molecule has 1 aliphatic carbocycles. The number of anilines is 1. The van der Waals surface area contributed by atoms with Crippen LogP contribution >= 0.6 is 11.6 Å². The van der Waals surface area contributed by atoms with E-state index < -0.39 is 35.1 Å². The van der Waals surface area contributed by atoms with E-state index in [9.17, 15) is 19.2 Å². The molecule has 0 spiro atoms. The van der Waals surface area contributed by atoms with Gasteiger partial charge in [-0.1, -0.05) is 61.8 Å². The van der Waals surface area contributed by atoms with Gasteiger partial charge in [-0.15, -0.1) is 0 Å². The predicted octanol–water partition coefficient (Wildman–Crippen LogP) is 8.63. The first kappa shape index (κ1) is 49.5. The number of fused-ring (bicyclic) bond motifs is 2. The van der Waals surface area contributed by atoms with Crippen molar-refractivity contribution in [1.29, 1.82) is 0 Å². The summed E-state index contributed by atoms with van der Waals surface area (Å²) in [7, 11) is 3.20. The zero-order chi connectivity index (χ0) is 50.6. The van der Waals surface area contributed by atoms with Gasteiger partial charge in [0, 0.05) is 92.2 Å². The fourth-order valence-corrected chi connectivity index (χ4v) is 12.6. The van der Waals surface area contributed by atoms with E-state index in [4.69, 9.17) is 26.8 Å². The lowest BCUT2D eigenvalue weighted by molar-refractivity contribution is -0.139. The maximum atomic E-state index is 16.3. The lowest BCUT2D eigenvalue weighted by Crippen LogP contribution is -2.50. The van der Waals surface area contributed by atoms with Gasteiger partial charge >= 0.3 is 6.03 Å². The van der Waals surface area contributed by atoms with E-state index in [1.807, 2.05) is 49.0 Å². The third-order valence-electron chi connectivity index (χ3n) is 16.6. The summed E-state index contributed by atoms with van der Waals surface area (Å²) in [6.07, 6.45) is 6.47. The van der Waals surface area contributed by atoms with E-state index in [2.05, 4.69) is 50.7 Å². The van der Waals surface area contributed by atoms with Gasteiger partial charge in [-0.3, -0.25) is 29.3 Å². The number of aryl methyl sites for hydroxylation is 1. The lowest BCUT2D eigenvalue weighted by atomic mass is 9.77. The monoisotopic (exact) mass is 1000 g/mol. The molecule has 10 rings (SSSR count). The number of rotatable bonds is 12. The molecule has 14 nitrogen and oxygen atoms in total. The van der Waals surface area contributed by atoms with Gasteiger partial charge in [0.2, 0.25) is 17.7 Å². The van der Waals surface area contributed by atoms with Crippen LogP contribution in [0, 0.1) is 29.4 Å². The summed E-state index contributed by atoms with van der Waals surface area (Å²) in [6.45, 7) is 9.48. The number of ether oxygens (including phenoxy) is 2. The molecule has 4 atom stereocenters. The summed E-state index contributed by atoms with van der Waals surface area (Å²) in [4.78, 5) is 57.4. The van der Waals surface area contributed by atoms with Crippen LogP contribution < -0.4 is 30.7 Å². The maximum absolute atomic E-state index is 16.3. The van der Waals surface area contributed by atoms with Gasteiger partial charge in [0.05, 0.1) is 23.2 Å². The number of likely N-dealkylation sites (tertiary alicyclic amines) is 2. The number of nitrogens with one attached hydrogen (secondary N) is 2. The normalized spacial score (nSPS) is 25.1. The van der Waals surface area contributed by atoms with E-state index in [0.29, 0.717) is 42.2 Å². The quantitative estimate of drug-likeness (QED) is 0.111. The molecule has 5 aromatic rings. The molecule has 4 fully saturated rings. The molecule has 4 aliphatic heterocycles. The number of urea groups is 1. The minimum Gasteiger partial charge on any atom is -0.494 e. The van der Waals surface area contributed by atoms with Gasteiger partial charge in [0.25, 0.3) is 0 Å². The Bertz CT molecular complexity index is 2920. The highest BCUT2D eigenvalue weighted by molar-refractivity contribution is 6.34. The molecule has 4 aromatic carbocycles. The van der Waals surface area contributed by atoms with Crippen molar-refractivity contribution < 1.29 is 37.4 Å². The molecule has 4 N–H and O–H groups in total. The molecule has 72 heavy (non-hydrogen) atoms. The average Bonchev–Trinajstić information content (AvgIpc) is 3.86. The van der Waals surface area contributed by atoms with E-state index in [0.717, 1.165) is 94.1 Å². The third-order valence-corrected chi connectivity index (χ3v) is 17.0. The van der Waals surface area contributed by atoms with Gasteiger partial charge in [0.1, 0.15) is 11.6 Å². The Kier molecular flexibility index (Phi) is 13.8. The molecule has 0 bridgehead atoms. The highest BCUT2D eigenvalue weighted by Crippen LogP contribution is 2.56. The SMILES string of the molecule is COc1ccc(C(N)=O)c(-c2c(Cl)c(F)cc3c2C(C)C(CNC2CCC(C(=O)N4CCC(CN5CCC(c6ccc7c(N8CCC(=O)NC8=O)nn(C)c7c6)CC5)C(C)C4)CC2)(c2ccccc2)O3)c1F. The number of hydrogen-bond donors (Lipinski definition) is 3. The van der Waals surface area contributed by atoms with Gasteiger partial charge in [-0.05, 0) is 111 Å². The second kappa shape index (κ2) is 20.1. The lowest BCUT2D eigenvalue weighted by Gasteiger charge is -2.42. The van der Waals surface area contributed by atoms with E-state index in [1.165, 1.54) is 30.9 Å². The molecule has 3 saturated heterocycles. The molecule has 5 aliphatic rings. The summed E-state index contributed by atoms with van der Waals surface area (Å²) in [6, 6.07) is 19.6. The number of carbonyl (C=O) groups is 4. The molecule has 380 valence electrons. The van der Waals surface area contributed by atoms with Crippen molar-refractivity contribution in [3.8, 4) is 22.6 Å². The molecule has 5 heterocycles. The van der Waals surface area contributed by atoms with Crippen LogP contribution in [0.5, 0.6) is 11.5 Å². The maximum Gasteiger partial charge on any atom is 0.329 e. The fraction of sp³-hybridized carbons (Fsp3) is 0.473. The van der Waals surface area contributed by atoms with Crippen LogP contribution in [0.3, 0.4) is 0 Å². The smallest absolute Gasteiger partial charge is 0.329 e. The van der Waals surface area contributed by atoms with E-state index in [-0.39, 0.29) is 63.4 Å². The first-order valence-corrected chi connectivity index (χ1v) is 25.8. The van der Waals surface area contributed by atoms with Crippen molar-refractivity contribution in [2.24, 2.45) is 30.5 Å². The first-order chi connectivity index (χ1) is 34.6. The van der Waals surface area contributed by atoms with Crippen LogP contribution in [-0.2, 0) is 22.2 Å². The highest BCUT2D eigenvalue weighted by Gasteiger charge is 2.50. The Morgan fingerprint density at radius 1 is 0.944 bits per heavy atom. The van der Waals surface area contributed by atoms with Gasteiger partial charge in [0.15, 0.2) is 23.0 Å². The minimum atomic E-state index is -1.07. The molecule has 0 radical (unpaired) electrons. The molecule has 5 amide bonds. The Hall–Kier alpha value is -6.10. The van der Waals surface area contributed by atoms with Crippen LogP contribution in [0.15, 0.2) is 66.7 Å². The number of amides is 5. The molecule has 4 unspecified atom stereocenters. The number of benzene rings is 4. The second-order valence-electron chi connectivity index (χ2n) is 20.7. The van der Waals surface area contributed by atoms with Crippen molar-refractivity contribution in [1.82, 2.24) is 30.2 Å². The summed E-state index contributed by atoms with van der Waals surface area (Å²) < 4.78 is 46.0. The van der Waals surface area contributed by atoms with Crippen molar-refractivity contribution in [2.75, 3.05) is 57.8 Å². The Labute approximate surface area is 423 Å². The number of piperidine rings is 2. The van der Waals surface area contributed by atoms with Crippen LogP contribution in [0.25, 0.3) is 22.0 Å². The number of nitrogens with zero attached hydrogens (tertiary/aromatic N) is 5. The number of nitrogens with two attached hydrogens (primary N) is 1. The zero-order valence-electron chi connectivity index (χ0n) is 41.3. The molecular weight excluding hydrogens is 942 g/mol. The summed E-state index contributed by atoms with van der Waals surface area (Å²) in [5.41, 5.74) is 7.82. The number of imide groups is 1. The van der Waals surface area contributed by atoms with E-state index in [1.54, 1.807) is 4.90 Å². The van der Waals surface area contributed by atoms with E-state index >= 15 is 8.78 Å². The minimum absolute atomic E-state index is 0.000802. The molecule has 1 saturated carbocycles. The first-order valence-electron chi connectivity index (χ1n) is 25.4. The van der Waals surface area contributed by atoms with Crippen LogP contribution in [0.2, 0.25) is 5.02 Å². The molecule has 1 aromatic heterocycles. The summed E-state index contributed by atoms with van der Waals surface area (Å²) in [5, 5.41) is 11.4. The number of aromatic nitrogens is 2. The number of hydrogen-bond acceptors (Lipinski definition) is 9. The average molecular weight is 1010 g/mol. The standard InChI is InChI=1S/C55H63ClF2N8O6/c1-31-28-65(24-20-36(31)29-64-22-18-33(19-23-64)35-12-15-39-42(26-35)63(3)62-52(39)66-25-21-45(67)61-54(66)70)53(69)34-10-13-38(14-11-34)60-30-55(37-8-6-5-7-9-37)32(2)46-44(72-55)27-41(57)49(56)48(46)47-40(51(59)68)16-17-43(71-4)50(47)58/h5-9,12,15-17,26-27,31-34,36,38,60H,10-11,13-14,18-25,28-30H2,1-4H3,(H2,59,68)(H,61,67,70).